The molecule has 1 spiro atoms. The zero-order valence-electron chi connectivity index (χ0n) is 16.8. The Hall–Kier alpha value is -2.52. The van der Waals surface area contributed by atoms with E-state index in [4.69, 9.17) is 0 Å². The largest absolute Gasteiger partial charge is 0.322 e. The highest BCUT2D eigenvalue weighted by atomic mass is 32.2. The van der Waals surface area contributed by atoms with Crippen molar-refractivity contribution in [2.24, 2.45) is 0 Å². The molecular formula is C26H25NOS. The standard InChI is InChI=1S/C26H25NOS/c1-19(2)27-24(28)23(20-12-6-3-7-13-20)26(27)25(18-29-26,21-14-8-4-9-15-21)22-16-10-5-11-17-22/h3-17,19,23H,18H2,1-2H3/t23-,26+/m1/s1. The molecule has 2 saturated heterocycles. The maximum atomic E-state index is 13.5. The van der Waals surface area contributed by atoms with Gasteiger partial charge in [-0.3, -0.25) is 4.79 Å². The van der Waals surface area contributed by atoms with Crippen molar-refractivity contribution in [3.05, 3.63) is 108 Å². The summed E-state index contributed by atoms with van der Waals surface area (Å²) in [6.45, 7) is 4.28. The minimum absolute atomic E-state index is 0.134. The van der Waals surface area contributed by atoms with Gasteiger partial charge in [-0.1, -0.05) is 91.0 Å². The second-order valence-electron chi connectivity index (χ2n) is 8.27. The normalized spacial score (nSPS) is 25.0. The van der Waals surface area contributed by atoms with Gasteiger partial charge in [0.05, 0.1) is 11.3 Å². The third-order valence-corrected chi connectivity index (χ3v) is 8.33. The number of β-lactam (4-membered cyclic amide) rings is 1. The molecule has 3 aromatic rings. The van der Waals surface area contributed by atoms with Crippen molar-refractivity contribution in [2.75, 3.05) is 5.75 Å². The lowest BCUT2D eigenvalue weighted by atomic mass is 9.59. The van der Waals surface area contributed by atoms with Crippen molar-refractivity contribution in [2.45, 2.75) is 36.1 Å². The van der Waals surface area contributed by atoms with Gasteiger partial charge in [-0.25, -0.2) is 0 Å². The minimum Gasteiger partial charge on any atom is -0.322 e. The van der Waals surface area contributed by atoms with Crippen molar-refractivity contribution in [1.29, 1.82) is 0 Å². The smallest absolute Gasteiger partial charge is 0.234 e. The van der Waals surface area contributed by atoms with E-state index >= 15 is 0 Å². The minimum atomic E-state index is -0.303. The molecule has 0 aliphatic carbocycles. The first-order chi connectivity index (χ1) is 14.1. The Morgan fingerprint density at radius 3 is 1.72 bits per heavy atom. The summed E-state index contributed by atoms with van der Waals surface area (Å²) in [5.41, 5.74) is 3.49. The van der Waals surface area contributed by atoms with Crippen molar-refractivity contribution in [3.8, 4) is 0 Å². The predicted molar refractivity (Wildman–Crippen MR) is 120 cm³/mol. The average molecular weight is 400 g/mol. The van der Waals surface area contributed by atoms with Gasteiger partial charge in [-0.05, 0) is 30.5 Å². The van der Waals surface area contributed by atoms with Gasteiger partial charge in [0.25, 0.3) is 0 Å². The molecule has 3 heteroatoms. The van der Waals surface area contributed by atoms with E-state index in [2.05, 4.69) is 91.5 Å². The zero-order valence-corrected chi connectivity index (χ0v) is 17.6. The summed E-state index contributed by atoms with van der Waals surface area (Å²) >= 11 is 1.94. The first-order valence-corrected chi connectivity index (χ1v) is 11.2. The highest BCUT2D eigenvalue weighted by Crippen LogP contribution is 2.71. The van der Waals surface area contributed by atoms with Crippen molar-refractivity contribution in [3.63, 3.8) is 0 Å². The Morgan fingerprint density at radius 1 is 0.828 bits per heavy atom. The number of thioether (sulfide) groups is 1. The van der Waals surface area contributed by atoms with Crippen LogP contribution in [0.2, 0.25) is 0 Å². The lowest BCUT2D eigenvalue weighted by molar-refractivity contribution is -0.162. The Labute approximate surface area is 176 Å². The number of benzene rings is 3. The number of likely N-dealkylation sites (tertiary alicyclic amines) is 1. The predicted octanol–water partition coefficient (Wildman–Crippen LogP) is 5.45. The number of hydrogen-bond donors (Lipinski definition) is 0. The molecule has 2 aliphatic heterocycles. The number of nitrogens with zero attached hydrogens (tertiary/aromatic N) is 1. The number of carbonyl (C=O) groups is 1. The van der Waals surface area contributed by atoms with E-state index in [1.54, 1.807) is 0 Å². The Bertz CT molecular complexity index is 979. The highest BCUT2D eigenvalue weighted by molar-refractivity contribution is 8.02. The summed E-state index contributed by atoms with van der Waals surface area (Å²) in [6, 6.07) is 32.1. The quantitative estimate of drug-likeness (QED) is 0.544. The SMILES string of the molecule is CC(C)N1C(=O)[C@@H](c2ccccc2)[C@@]12SCC2(c1ccccc1)c1ccccc1. The number of amides is 1. The molecule has 5 rings (SSSR count). The molecule has 146 valence electrons. The fourth-order valence-electron chi connectivity index (χ4n) is 5.36. The molecule has 2 atom stereocenters. The molecule has 0 bridgehead atoms. The molecule has 0 unspecified atom stereocenters. The van der Waals surface area contributed by atoms with Gasteiger partial charge in [0.2, 0.25) is 5.91 Å². The highest BCUT2D eigenvalue weighted by Gasteiger charge is 2.77. The number of carbonyl (C=O) groups excluding carboxylic acids is 1. The molecule has 0 radical (unpaired) electrons. The Morgan fingerprint density at radius 2 is 1.31 bits per heavy atom. The second kappa shape index (κ2) is 6.77. The molecule has 2 aliphatic rings. The van der Waals surface area contributed by atoms with Gasteiger partial charge in [0.1, 0.15) is 4.87 Å². The van der Waals surface area contributed by atoms with Crippen LogP contribution in [0.25, 0.3) is 0 Å². The van der Waals surface area contributed by atoms with Gasteiger partial charge in [-0.2, -0.15) is 0 Å². The van der Waals surface area contributed by atoms with Gasteiger partial charge < -0.3 is 4.90 Å². The molecule has 2 heterocycles. The van der Waals surface area contributed by atoms with Crippen molar-refractivity contribution < 1.29 is 4.79 Å². The van der Waals surface area contributed by atoms with E-state index in [-0.39, 0.29) is 28.2 Å². The molecular weight excluding hydrogens is 374 g/mol. The Balaban J connectivity index is 1.77. The van der Waals surface area contributed by atoms with Gasteiger partial charge >= 0.3 is 0 Å². The van der Waals surface area contributed by atoms with Crippen LogP contribution in [-0.2, 0) is 10.2 Å². The first-order valence-electron chi connectivity index (χ1n) is 10.3. The molecule has 29 heavy (non-hydrogen) atoms. The second-order valence-corrected chi connectivity index (χ2v) is 9.47. The lowest BCUT2D eigenvalue weighted by Gasteiger charge is -2.72. The van der Waals surface area contributed by atoms with Crippen LogP contribution in [-0.4, -0.2) is 27.5 Å². The molecule has 0 aromatic heterocycles. The first kappa shape index (κ1) is 18.5. The van der Waals surface area contributed by atoms with Crippen LogP contribution >= 0.6 is 11.8 Å². The van der Waals surface area contributed by atoms with E-state index < -0.39 is 0 Å². The van der Waals surface area contributed by atoms with Gasteiger partial charge in [0, 0.05) is 11.8 Å². The molecule has 2 fully saturated rings. The maximum absolute atomic E-state index is 13.5. The van der Waals surface area contributed by atoms with Crippen LogP contribution in [0.3, 0.4) is 0 Å². The van der Waals surface area contributed by atoms with E-state index in [1.165, 1.54) is 11.1 Å². The third-order valence-electron chi connectivity index (χ3n) is 6.54. The fraction of sp³-hybridized carbons (Fsp3) is 0.269. The van der Waals surface area contributed by atoms with Crippen LogP contribution in [0.5, 0.6) is 0 Å². The summed E-state index contributed by atoms with van der Waals surface area (Å²) in [6.07, 6.45) is 0. The summed E-state index contributed by atoms with van der Waals surface area (Å²) in [5, 5.41) is 0. The van der Waals surface area contributed by atoms with Crippen molar-refractivity contribution >= 4 is 17.7 Å². The topological polar surface area (TPSA) is 20.3 Å². The van der Waals surface area contributed by atoms with Crippen LogP contribution in [0.15, 0.2) is 91.0 Å². The van der Waals surface area contributed by atoms with E-state index in [1.807, 2.05) is 30.0 Å². The summed E-state index contributed by atoms with van der Waals surface area (Å²) in [5.74, 6) is 1.08. The lowest BCUT2D eigenvalue weighted by Crippen LogP contribution is -2.82. The summed E-state index contributed by atoms with van der Waals surface area (Å²) in [4.78, 5) is 15.3. The van der Waals surface area contributed by atoms with Gasteiger partial charge in [0.15, 0.2) is 0 Å². The van der Waals surface area contributed by atoms with Crippen molar-refractivity contribution in [1.82, 2.24) is 4.90 Å². The summed E-state index contributed by atoms with van der Waals surface area (Å²) < 4.78 is 0. The van der Waals surface area contributed by atoms with E-state index in [9.17, 15) is 4.79 Å². The summed E-state index contributed by atoms with van der Waals surface area (Å²) in [7, 11) is 0. The molecule has 0 N–H and O–H groups in total. The molecule has 0 saturated carbocycles. The average Bonchev–Trinajstić information content (AvgIpc) is 2.73. The number of rotatable bonds is 4. The van der Waals surface area contributed by atoms with Crippen LogP contribution in [0.4, 0.5) is 0 Å². The van der Waals surface area contributed by atoms with Crippen LogP contribution < -0.4 is 0 Å². The Kier molecular flexibility index (Phi) is 4.32. The monoisotopic (exact) mass is 399 g/mol. The van der Waals surface area contributed by atoms with Crippen LogP contribution in [0, 0.1) is 0 Å². The third kappa shape index (κ3) is 2.34. The number of hydrogen-bond acceptors (Lipinski definition) is 2. The van der Waals surface area contributed by atoms with Gasteiger partial charge in [-0.15, -0.1) is 11.8 Å². The molecule has 2 nitrogen and oxygen atoms in total. The zero-order chi connectivity index (χ0) is 20.1. The van der Waals surface area contributed by atoms with E-state index in [0.29, 0.717) is 0 Å². The van der Waals surface area contributed by atoms with Crippen LogP contribution in [0.1, 0.15) is 36.5 Å². The fourth-order valence-corrected chi connectivity index (χ4v) is 7.50. The maximum Gasteiger partial charge on any atom is 0.234 e. The molecule has 1 amide bonds. The molecule has 3 aromatic carbocycles. The van der Waals surface area contributed by atoms with E-state index in [0.717, 1.165) is 11.3 Å².